The van der Waals surface area contributed by atoms with E-state index in [1.54, 1.807) is 11.8 Å². The van der Waals surface area contributed by atoms with Crippen LogP contribution in [0.15, 0.2) is 48.5 Å². The summed E-state index contributed by atoms with van der Waals surface area (Å²) in [6.07, 6.45) is 0. The van der Waals surface area contributed by atoms with Gasteiger partial charge in [0.05, 0.1) is 5.75 Å². The topological polar surface area (TPSA) is 46.3 Å². The van der Waals surface area contributed by atoms with Crippen molar-refractivity contribution in [1.29, 1.82) is 0 Å². The smallest absolute Gasteiger partial charge is 0.238 e. The molecule has 1 aliphatic rings. The molecule has 1 saturated heterocycles. The van der Waals surface area contributed by atoms with Crippen LogP contribution in [0.4, 0.5) is 11.4 Å². The molecular weight excluding hydrogens is 268 g/mol. The number of thioether (sulfide) groups is 1. The van der Waals surface area contributed by atoms with Gasteiger partial charge < -0.3 is 5.73 Å². The molecular formula is C16H16N2OS. The number of aryl methyl sites for hydroxylation is 1. The van der Waals surface area contributed by atoms with E-state index in [-0.39, 0.29) is 11.3 Å². The third kappa shape index (κ3) is 2.39. The summed E-state index contributed by atoms with van der Waals surface area (Å²) in [6, 6.07) is 15.8. The van der Waals surface area contributed by atoms with Crippen LogP contribution in [-0.2, 0) is 4.79 Å². The van der Waals surface area contributed by atoms with Crippen molar-refractivity contribution >= 4 is 29.0 Å². The van der Waals surface area contributed by atoms with Crippen LogP contribution in [0.1, 0.15) is 16.5 Å². The lowest BCUT2D eigenvalue weighted by Crippen LogP contribution is -2.27. The standard InChI is InChI=1S/C16H16N2OS/c1-11-2-8-14(9-3-11)18-15(19)10-20-16(18)12-4-6-13(17)7-5-12/h2-9,16H,10,17H2,1H3/t16-/m0/s1. The average Bonchev–Trinajstić information content (AvgIpc) is 2.83. The zero-order chi connectivity index (χ0) is 14.1. The minimum atomic E-state index is 0.0332. The molecule has 0 aliphatic carbocycles. The Labute approximate surface area is 122 Å². The highest BCUT2D eigenvalue weighted by molar-refractivity contribution is 8.00. The molecule has 1 aliphatic heterocycles. The third-order valence-electron chi connectivity index (χ3n) is 3.40. The van der Waals surface area contributed by atoms with E-state index in [4.69, 9.17) is 5.73 Å². The van der Waals surface area contributed by atoms with Gasteiger partial charge in [-0.3, -0.25) is 9.69 Å². The predicted molar refractivity (Wildman–Crippen MR) is 84.7 cm³/mol. The van der Waals surface area contributed by atoms with Crippen LogP contribution < -0.4 is 10.6 Å². The number of amides is 1. The number of hydrogen-bond acceptors (Lipinski definition) is 3. The van der Waals surface area contributed by atoms with E-state index in [0.717, 1.165) is 16.9 Å². The van der Waals surface area contributed by atoms with Crippen LogP contribution in [0.25, 0.3) is 0 Å². The Hall–Kier alpha value is -1.94. The number of nitrogen functional groups attached to an aromatic ring is 1. The lowest BCUT2D eigenvalue weighted by atomic mass is 10.1. The summed E-state index contributed by atoms with van der Waals surface area (Å²) in [4.78, 5) is 14.1. The van der Waals surface area contributed by atoms with Gasteiger partial charge in [0.1, 0.15) is 5.37 Å². The number of carbonyl (C=O) groups is 1. The van der Waals surface area contributed by atoms with Crippen molar-refractivity contribution in [3.63, 3.8) is 0 Å². The van der Waals surface area contributed by atoms with Crippen LogP contribution in [0.3, 0.4) is 0 Å². The monoisotopic (exact) mass is 284 g/mol. The summed E-state index contributed by atoms with van der Waals surface area (Å²) in [6.45, 7) is 2.04. The molecule has 0 unspecified atom stereocenters. The van der Waals surface area contributed by atoms with Gasteiger partial charge in [0, 0.05) is 11.4 Å². The largest absolute Gasteiger partial charge is 0.399 e. The SMILES string of the molecule is Cc1ccc(N2C(=O)CS[C@H]2c2ccc(N)cc2)cc1. The average molecular weight is 284 g/mol. The van der Waals surface area contributed by atoms with Crippen molar-refractivity contribution in [2.75, 3.05) is 16.4 Å². The van der Waals surface area contributed by atoms with Crippen molar-refractivity contribution in [1.82, 2.24) is 0 Å². The van der Waals surface area contributed by atoms with E-state index < -0.39 is 0 Å². The Morgan fingerprint density at radius 1 is 1.10 bits per heavy atom. The van der Waals surface area contributed by atoms with Crippen LogP contribution >= 0.6 is 11.8 Å². The van der Waals surface area contributed by atoms with Gasteiger partial charge in [0.15, 0.2) is 0 Å². The molecule has 20 heavy (non-hydrogen) atoms. The summed E-state index contributed by atoms with van der Waals surface area (Å²) in [5.41, 5.74) is 9.72. The quantitative estimate of drug-likeness (QED) is 0.860. The van der Waals surface area contributed by atoms with Crippen molar-refractivity contribution < 1.29 is 4.79 Å². The zero-order valence-electron chi connectivity index (χ0n) is 11.2. The highest BCUT2D eigenvalue weighted by Gasteiger charge is 2.33. The Bertz CT molecular complexity index is 622. The second-order valence-corrected chi connectivity index (χ2v) is 6.00. The first-order chi connectivity index (χ1) is 9.65. The fraction of sp³-hybridized carbons (Fsp3) is 0.188. The molecule has 1 amide bonds. The lowest BCUT2D eigenvalue weighted by Gasteiger charge is -2.24. The van der Waals surface area contributed by atoms with Crippen molar-refractivity contribution in [2.45, 2.75) is 12.3 Å². The van der Waals surface area contributed by atoms with E-state index in [0.29, 0.717) is 5.75 Å². The zero-order valence-corrected chi connectivity index (χ0v) is 12.1. The minimum absolute atomic E-state index is 0.0332. The molecule has 0 saturated carbocycles. The number of nitrogens with two attached hydrogens (primary N) is 1. The third-order valence-corrected chi connectivity index (χ3v) is 4.61. The number of rotatable bonds is 2. The fourth-order valence-corrected chi connectivity index (χ4v) is 3.49. The fourth-order valence-electron chi connectivity index (χ4n) is 2.32. The van der Waals surface area contributed by atoms with Crippen LogP contribution in [0, 0.1) is 6.92 Å². The van der Waals surface area contributed by atoms with Gasteiger partial charge >= 0.3 is 0 Å². The molecule has 4 heteroatoms. The number of benzene rings is 2. The van der Waals surface area contributed by atoms with Crippen LogP contribution in [-0.4, -0.2) is 11.7 Å². The maximum Gasteiger partial charge on any atom is 0.238 e. The molecule has 2 N–H and O–H groups in total. The molecule has 0 bridgehead atoms. The van der Waals surface area contributed by atoms with Gasteiger partial charge in [-0.25, -0.2) is 0 Å². The highest BCUT2D eigenvalue weighted by atomic mass is 32.2. The van der Waals surface area contributed by atoms with E-state index in [1.807, 2.05) is 60.4 Å². The molecule has 0 spiro atoms. The lowest BCUT2D eigenvalue weighted by molar-refractivity contribution is -0.115. The van der Waals surface area contributed by atoms with Crippen LogP contribution in [0.2, 0.25) is 0 Å². The first kappa shape index (κ1) is 13.1. The van der Waals surface area contributed by atoms with Crippen molar-refractivity contribution in [3.8, 4) is 0 Å². The van der Waals surface area contributed by atoms with E-state index in [1.165, 1.54) is 5.56 Å². The number of anilines is 2. The molecule has 1 atom stereocenters. The van der Waals surface area contributed by atoms with Gasteiger partial charge in [0.25, 0.3) is 0 Å². The van der Waals surface area contributed by atoms with Crippen molar-refractivity contribution in [2.24, 2.45) is 0 Å². The summed E-state index contributed by atoms with van der Waals surface area (Å²) in [5.74, 6) is 0.670. The molecule has 1 heterocycles. The van der Waals surface area contributed by atoms with Crippen LogP contribution in [0.5, 0.6) is 0 Å². The first-order valence-corrected chi connectivity index (χ1v) is 7.56. The molecule has 1 fully saturated rings. The number of carbonyl (C=O) groups excluding carboxylic acids is 1. The first-order valence-electron chi connectivity index (χ1n) is 6.51. The molecule has 3 nitrogen and oxygen atoms in total. The van der Waals surface area contributed by atoms with E-state index in [2.05, 4.69) is 0 Å². The van der Waals surface area contributed by atoms with Gasteiger partial charge in [-0.2, -0.15) is 0 Å². The Morgan fingerprint density at radius 3 is 2.40 bits per heavy atom. The maximum absolute atomic E-state index is 12.2. The highest BCUT2D eigenvalue weighted by Crippen LogP contribution is 2.41. The second-order valence-electron chi connectivity index (χ2n) is 4.93. The number of nitrogens with zero attached hydrogens (tertiary/aromatic N) is 1. The normalized spacial score (nSPS) is 18.6. The van der Waals surface area contributed by atoms with Gasteiger partial charge in [-0.1, -0.05) is 29.8 Å². The second kappa shape index (κ2) is 5.21. The maximum atomic E-state index is 12.2. The molecule has 0 radical (unpaired) electrons. The number of hydrogen-bond donors (Lipinski definition) is 1. The van der Waals surface area contributed by atoms with E-state index in [9.17, 15) is 4.79 Å². The summed E-state index contributed by atoms with van der Waals surface area (Å²) >= 11 is 1.65. The molecule has 2 aromatic rings. The minimum Gasteiger partial charge on any atom is -0.399 e. The predicted octanol–water partition coefficient (Wildman–Crippen LogP) is 3.36. The van der Waals surface area contributed by atoms with E-state index >= 15 is 0 Å². The van der Waals surface area contributed by atoms with Gasteiger partial charge in [-0.15, -0.1) is 11.8 Å². The Morgan fingerprint density at radius 2 is 1.75 bits per heavy atom. The van der Waals surface area contributed by atoms with Crippen molar-refractivity contribution in [3.05, 3.63) is 59.7 Å². The Kier molecular flexibility index (Phi) is 3.40. The molecule has 2 aromatic carbocycles. The van der Waals surface area contributed by atoms with Gasteiger partial charge in [0.2, 0.25) is 5.91 Å². The summed E-state index contributed by atoms with van der Waals surface area (Å²) in [5, 5.41) is 0.0332. The molecule has 102 valence electrons. The molecule has 3 rings (SSSR count). The van der Waals surface area contributed by atoms with Gasteiger partial charge in [-0.05, 0) is 36.8 Å². The summed E-state index contributed by atoms with van der Waals surface area (Å²) < 4.78 is 0. The summed E-state index contributed by atoms with van der Waals surface area (Å²) in [7, 11) is 0. The molecule has 0 aromatic heterocycles. The Balaban J connectivity index is 1.96.